The zero-order chi connectivity index (χ0) is 45.5. The first-order valence-electron chi connectivity index (χ1n) is 17.6. The molecule has 2 heterocycles. The maximum absolute atomic E-state index is 16.3. The van der Waals surface area contributed by atoms with Gasteiger partial charge in [-0.05, 0) is 80.2 Å². The Bertz CT molecular complexity index is 2750. The number of allylic oxidation sites excluding steroid dienone is 3. The first-order chi connectivity index (χ1) is 28.6. The molecule has 2 N–H and O–H groups in total. The van der Waals surface area contributed by atoms with Crippen molar-refractivity contribution < 1.29 is 56.1 Å². The molecule has 1 aliphatic rings. The summed E-state index contributed by atoms with van der Waals surface area (Å²) < 4.78 is 93.9. The topological polar surface area (TPSA) is 230 Å². The SMILES string of the molecule is CCC1=C(C)/C(=C(\c2c(F)c(C)c(F)c(F)c2F)c2c(C)c(CC)c(/C=C/c3cc([N+](=O)[O-])cc([N+](=O)[O-])c3O)n2B(F)F)N=C1/C=C/c1cc([N+](=O)[O-])cc([N+](=O)[O-])c1O. The summed E-state index contributed by atoms with van der Waals surface area (Å²) in [6.45, 7) is 6.48. The minimum absolute atomic E-state index is 0.0337. The molecule has 5 rings (SSSR count). The second-order valence-electron chi connectivity index (χ2n) is 13.3. The number of nitro benzene ring substituents is 4. The van der Waals surface area contributed by atoms with E-state index in [1.807, 2.05) is 0 Å². The van der Waals surface area contributed by atoms with Crippen molar-refractivity contribution in [1.82, 2.24) is 4.48 Å². The van der Waals surface area contributed by atoms with Crippen molar-refractivity contribution in [1.29, 1.82) is 0 Å². The van der Waals surface area contributed by atoms with Crippen LogP contribution in [0.5, 0.6) is 11.5 Å². The predicted octanol–water partition coefficient (Wildman–Crippen LogP) is 9.86. The number of aromatic nitrogens is 1. The van der Waals surface area contributed by atoms with Gasteiger partial charge in [-0.1, -0.05) is 13.8 Å². The summed E-state index contributed by atoms with van der Waals surface area (Å²) in [6, 6.07) is 2.53. The van der Waals surface area contributed by atoms with Crippen LogP contribution in [-0.2, 0) is 6.42 Å². The fourth-order valence-corrected chi connectivity index (χ4v) is 7.01. The number of nitro groups is 4. The van der Waals surface area contributed by atoms with Crippen LogP contribution in [0.25, 0.3) is 23.8 Å². The molecule has 0 bridgehead atoms. The molecule has 0 unspecified atom stereocenters. The molecule has 4 aromatic rings. The van der Waals surface area contributed by atoms with E-state index in [4.69, 9.17) is 0 Å². The Morgan fingerprint density at radius 2 is 1.21 bits per heavy atom. The molecule has 0 radical (unpaired) electrons. The molecule has 0 saturated heterocycles. The molecular weight excluding hydrogens is 825 g/mol. The third-order valence-corrected chi connectivity index (χ3v) is 9.94. The fraction of sp³-hybridized carbons (Fsp3) is 0.184. The number of non-ortho nitro benzene ring substituents is 2. The summed E-state index contributed by atoms with van der Waals surface area (Å²) in [5.74, 6) is -9.97. The molecular formula is C38H29BF6N6O10. The number of aromatic hydroxyl groups is 2. The van der Waals surface area contributed by atoms with Gasteiger partial charge in [0.1, 0.15) is 5.82 Å². The Kier molecular flexibility index (Phi) is 12.4. The number of rotatable bonds is 13. The van der Waals surface area contributed by atoms with Crippen molar-refractivity contribution in [2.24, 2.45) is 4.99 Å². The zero-order valence-electron chi connectivity index (χ0n) is 32.2. The van der Waals surface area contributed by atoms with Crippen LogP contribution in [0.15, 0.2) is 52.2 Å². The fourth-order valence-electron chi connectivity index (χ4n) is 7.01. The standard InChI is InChI=1S/C38H29BF6N6O10/c1-6-23-16(3)35(46-25(23)10-8-19-12-21(48(54)55)14-27(37(19)52)50(58)59)30(29-31(40)18(5)32(41)34(43)33(29)42)36-17(4)24(7-2)26(47(36)39(44)45)11-9-20-13-22(49(56)57)15-28(38(20)53)51(60)61/h8-15,52-53H,6-7H2,1-5H3/b10-8+,11-9+,35-30-. The van der Waals surface area contributed by atoms with Gasteiger partial charge in [0.2, 0.25) is 11.5 Å². The van der Waals surface area contributed by atoms with Gasteiger partial charge < -0.3 is 14.7 Å². The lowest BCUT2D eigenvalue weighted by Gasteiger charge is -2.19. The number of aliphatic imine (C=N–C) groups is 1. The summed E-state index contributed by atoms with van der Waals surface area (Å²) in [5.41, 5.74) is -9.38. The number of phenolic OH excluding ortho intramolecular Hbond substituents is 2. The van der Waals surface area contributed by atoms with Gasteiger partial charge in [0.15, 0.2) is 17.5 Å². The van der Waals surface area contributed by atoms with Gasteiger partial charge in [-0.3, -0.25) is 49.1 Å². The van der Waals surface area contributed by atoms with E-state index in [-0.39, 0.29) is 45.3 Å². The highest BCUT2D eigenvalue weighted by atomic mass is 19.2. The summed E-state index contributed by atoms with van der Waals surface area (Å²) in [4.78, 5) is 46.5. The molecule has 1 aromatic heterocycles. The smallest absolute Gasteiger partial charge is 0.502 e. The molecule has 0 amide bonds. The molecule has 23 heteroatoms. The van der Waals surface area contributed by atoms with Crippen LogP contribution in [0.4, 0.5) is 48.9 Å². The number of nitrogens with zero attached hydrogens (tertiary/aromatic N) is 6. The van der Waals surface area contributed by atoms with Crippen molar-refractivity contribution in [3.8, 4) is 11.5 Å². The lowest BCUT2D eigenvalue weighted by Crippen LogP contribution is -2.20. The first kappa shape index (κ1) is 44.5. The lowest BCUT2D eigenvalue weighted by atomic mass is 9.90. The molecule has 0 fully saturated rings. The van der Waals surface area contributed by atoms with E-state index in [1.165, 1.54) is 20.8 Å². The van der Waals surface area contributed by atoms with Gasteiger partial charge >= 0.3 is 18.8 Å². The number of hydrogen-bond acceptors (Lipinski definition) is 11. The largest absolute Gasteiger partial charge is 0.678 e. The molecule has 316 valence electrons. The normalized spacial score (nSPS) is 13.7. The quantitative estimate of drug-likeness (QED) is 0.0323. The minimum Gasteiger partial charge on any atom is -0.502 e. The van der Waals surface area contributed by atoms with E-state index in [0.29, 0.717) is 12.1 Å². The van der Waals surface area contributed by atoms with E-state index >= 15 is 21.8 Å². The van der Waals surface area contributed by atoms with E-state index in [1.54, 1.807) is 6.92 Å². The number of benzene rings is 3. The second-order valence-corrected chi connectivity index (χ2v) is 13.3. The second kappa shape index (κ2) is 16.9. The summed E-state index contributed by atoms with van der Waals surface area (Å²) in [6.07, 6.45) is 3.83. The molecule has 1 aliphatic heterocycles. The molecule has 61 heavy (non-hydrogen) atoms. The van der Waals surface area contributed by atoms with Gasteiger partial charge in [0.25, 0.3) is 11.4 Å². The Morgan fingerprint density at radius 3 is 1.66 bits per heavy atom. The Balaban J connectivity index is 1.92. The van der Waals surface area contributed by atoms with Gasteiger partial charge in [0, 0.05) is 45.8 Å². The molecule has 3 aromatic carbocycles. The van der Waals surface area contributed by atoms with Crippen LogP contribution in [0, 0.1) is 77.6 Å². The Morgan fingerprint density at radius 1 is 0.705 bits per heavy atom. The molecule has 0 saturated carbocycles. The maximum atomic E-state index is 16.3. The molecule has 0 aliphatic carbocycles. The van der Waals surface area contributed by atoms with Crippen LogP contribution in [-0.4, -0.2) is 47.5 Å². The van der Waals surface area contributed by atoms with E-state index < -0.39 is 130 Å². The first-order valence-corrected chi connectivity index (χ1v) is 17.6. The number of halogens is 6. The maximum Gasteiger partial charge on any atom is 0.678 e. The van der Waals surface area contributed by atoms with Crippen molar-refractivity contribution >= 4 is 59.7 Å². The Labute approximate surface area is 339 Å². The monoisotopic (exact) mass is 854 g/mol. The van der Waals surface area contributed by atoms with Crippen LogP contribution < -0.4 is 0 Å². The van der Waals surface area contributed by atoms with Gasteiger partial charge in [-0.15, -0.1) is 0 Å². The Hall–Kier alpha value is -7.59. The molecule has 0 atom stereocenters. The zero-order valence-corrected chi connectivity index (χ0v) is 32.2. The average molecular weight is 854 g/mol. The van der Waals surface area contributed by atoms with Crippen LogP contribution in [0.1, 0.15) is 72.0 Å². The van der Waals surface area contributed by atoms with Crippen LogP contribution in [0.3, 0.4) is 0 Å². The third kappa shape index (κ3) is 7.83. The van der Waals surface area contributed by atoms with E-state index in [9.17, 15) is 55.1 Å². The number of hydrogen-bond donors (Lipinski definition) is 2. The van der Waals surface area contributed by atoms with Crippen molar-refractivity contribution in [3.63, 3.8) is 0 Å². The summed E-state index contributed by atoms with van der Waals surface area (Å²) >= 11 is 0. The van der Waals surface area contributed by atoms with Crippen molar-refractivity contribution in [2.75, 3.05) is 0 Å². The van der Waals surface area contributed by atoms with Crippen molar-refractivity contribution in [2.45, 2.75) is 47.5 Å². The van der Waals surface area contributed by atoms with Gasteiger partial charge in [-0.2, -0.15) is 0 Å². The van der Waals surface area contributed by atoms with Crippen LogP contribution >= 0.6 is 0 Å². The predicted molar refractivity (Wildman–Crippen MR) is 210 cm³/mol. The van der Waals surface area contributed by atoms with Gasteiger partial charge in [-0.25, -0.2) is 22.6 Å². The highest BCUT2D eigenvalue weighted by Crippen LogP contribution is 2.45. The van der Waals surface area contributed by atoms with Crippen molar-refractivity contribution in [3.05, 3.63) is 156 Å². The van der Waals surface area contributed by atoms with E-state index in [0.717, 1.165) is 43.4 Å². The summed E-state index contributed by atoms with van der Waals surface area (Å²) in [7, 11) is -3.61. The van der Waals surface area contributed by atoms with E-state index in [2.05, 4.69) is 4.99 Å². The highest BCUT2D eigenvalue weighted by Gasteiger charge is 2.37. The lowest BCUT2D eigenvalue weighted by molar-refractivity contribution is -0.395. The molecule has 0 spiro atoms. The highest BCUT2D eigenvalue weighted by molar-refractivity contribution is 6.42. The minimum atomic E-state index is -3.61. The van der Waals surface area contributed by atoms with Crippen LogP contribution in [0.2, 0.25) is 0 Å². The third-order valence-electron chi connectivity index (χ3n) is 9.94. The van der Waals surface area contributed by atoms with Gasteiger partial charge in [0.05, 0.1) is 48.8 Å². The molecule has 16 nitrogen and oxygen atoms in total. The average Bonchev–Trinajstić information content (AvgIpc) is 3.67. The number of phenols is 2. The summed E-state index contributed by atoms with van der Waals surface area (Å²) in [5, 5.41) is 67.4.